The van der Waals surface area contributed by atoms with E-state index in [4.69, 9.17) is 13.9 Å². The van der Waals surface area contributed by atoms with E-state index in [2.05, 4.69) is 5.32 Å². The van der Waals surface area contributed by atoms with Gasteiger partial charge in [0.1, 0.15) is 17.6 Å². The van der Waals surface area contributed by atoms with Crippen molar-refractivity contribution in [3.05, 3.63) is 59.0 Å². The smallest absolute Gasteiger partial charge is 0.255 e. The van der Waals surface area contributed by atoms with Gasteiger partial charge in [-0.15, -0.1) is 0 Å². The molecule has 0 saturated carbocycles. The highest BCUT2D eigenvalue weighted by atomic mass is 16.5. The van der Waals surface area contributed by atoms with Gasteiger partial charge in [0.05, 0.1) is 24.8 Å². The van der Waals surface area contributed by atoms with Gasteiger partial charge in [0.25, 0.3) is 5.91 Å². The zero-order chi connectivity index (χ0) is 16.9. The number of rotatable bonds is 5. The minimum Gasteiger partial charge on any atom is -0.466 e. The normalized spacial score (nSPS) is 20.8. The number of nitrogens with one attached hydrogen (secondary N) is 1. The predicted octanol–water partition coefficient (Wildman–Crippen LogP) is 3.00. The lowest BCUT2D eigenvalue weighted by Crippen LogP contribution is -2.50. The van der Waals surface area contributed by atoms with Crippen molar-refractivity contribution < 1.29 is 18.7 Å². The maximum atomic E-state index is 12.5. The van der Waals surface area contributed by atoms with Crippen LogP contribution in [0, 0.1) is 13.8 Å². The Labute approximate surface area is 141 Å². The van der Waals surface area contributed by atoms with Crippen LogP contribution in [0.4, 0.5) is 0 Å². The van der Waals surface area contributed by atoms with Gasteiger partial charge >= 0.3 is 0 Å². The highest BCUT2D eigenvalue weighted by molar-refractivity contribution is 5.95. The second-order valence-electron chi connectivity index (χ2n) is 6.11. The number of carbonyl (C=O) groups excluding carboxylic acids is 1. The summed E-state index contributed by atoms with van der Waals surface area (Å²) in [5, 5.41) is 3.07. The van der Waals surface area contributed by atoms with Gasteiger partial charge in [0.2, 0.25) is 0 Å². The van der Waals surface area contributed by atoms with Gasteiger partial charge in [-0.25, -0.2) is 0 Å². The lowest BCUT2D eigenvalue weighted by molar-refractivity contribution is -0.0736. The van der Waals surface area contributed by atoms with Crippen molar-refractivity contribution in [2.45, 2.75) is 39.0 Å². The van der Waals surface area contributed by atoms with E-state index in [0.29, 0.717) is 31.1 Å². The number of hydrogen-bond acceptors (Lipinski definition) is 4. The van der Waals surface area contributed by atoms with E-state index < -0.39 is 0 Å². The fourth-order valence-corrected chi connectivity index (χ4v) is 2.92. The average Bonchev–Trinajstić information content (AvgIpc) is 2.93. The zero-order valence-electron chi connectivity index (χ0n) is 14.1. The summed E-state index contributed by atoms with van der Waals surface area (Å²) < 4.78 is 17.0. The van der Waals surface area contributed by atoms with E-state index in [1.807, 2.05) is 37.3 Å². The molecule has 2 heterocycles. The average molecular weight is 329 g/mol. The molecule has 1 aliphatic heterocycles. The molecule has 128 valence electrons. The SMILES string of the molecule is Cc1cc(C(=O)N[C@@H]2CCOC[C@H]2OCc2ccccc2)c(C)o1. The van der Waals surface area contributed by atoms with Gasteiger partial charge in [-0.1, -0.05) is 30.3 Å². The molecule has 5 nitrogen and oxygen atoms in total. The van der Waals surface area contributed by atoms with E-state index in [1.165, 1.54) is 0 Å². The molecule has 1 aliphatic rings. The van der Waals surface area contributed by atoms with Crippen LogP contribution in [-0.4, -0.2) is 31.3 Å². The first-order valence-corrected chi connectivity index (χ1v) is 8.24. The van der Waals surface area contributed by atoms with Gasteiger partial charge in [0, 0.05) is 6.61 Å². The van der Waals surface area contributed by atoms with Gasteiger partial charge in [-0.05, 0) is 31.9 Å². The van der Waals surface area contributed by atoms with E-state index >= 15 is 0 Å². The highest BCUT2D eigenvalue weighted by Crippen LogP contribution is 2.17. The van der Waals surface area contributed by atoms with Crippen molar-refractivity contribution in [2.75, 3.05) is 13.2 Å². The van der Waals surface area contributed by atoms with Crippen LogP contribution in [-0.2, 0) is 16.1 Å². The fraction of sp³-hybridized carbons (Fsp3) is 0.421. The van der Waals surface area contributed by atoms with Crippen molar-refractivity contribution in [1.82, 2.24) is 5.32 Å². The first-order valence-electron chi connectivity index (χ1n) is 8.24. The predicted molar refractivity (Wildman–Crippen MR) is 89.9 cm³/mol. The molecule has 0 spiro atoms. The van der Waals surface area contributed by atoms with E-state index in [-0.39, 0.29) is 18.1 Å². The van der Waals surface area contributed by atoms with Crippen LogP contribution in [0.1, 0.15) is 33.9 Å². The van der Waals surface area contributed by atoms with Crippen LogP contribution in [0.5, 0.6) is 0 Å². The molecule has 0 radical (unpaired) electrons. The minimum absolute atomic E-state index is 0.0652. The van der Waals surface area contributed by atoms with Crippen molar-refractivity contribution in [1.29, 1.82) is 0 Å². The third-order valence-electron chi connectivity index (χ3n) is 4.21. The van der Waals surface area contributed by atoms with Crippen LogP contribution < -0.4 is 5.32 Å². The first kappa shape index (κ1) is 16.7. The molecule has 0 unspecified atom stereocenters. The van der Waals surface area contributed by atoms with E-state index in [1.54, 1.807) is 13.0 Å². The maximum Gasteiger partial charge on any atom is 0.255 e. The largest absolute Gasteiger partial charge is 0.466 e. The Morgan fingerprint density at radius 3 is 2.79 bits per heavy atom. The van der Waals surface area contributed by atoms with Crippen LogP contribution in [0.3, 0.4) is 0 Å². The summed E-state index contributed by atoms with van der Waals surface area (Å²) in [6, 6.07) is 11.7. The summed E-state index contributed by atoms with van der Waals surface area (Å²) >= 11 is 0. The lowest BCUT2D eigenvalue weighted by Gasteiger charge is -2.32. The standard InChI is InChI=1S/C19H23NO4/c1-13-10-16(14(2)24-13)19(21)20-17-8-9-22-12-18(17)23-11-15-6-4-3-5-7-15/h3-7,10,17-18H,8-9,11-12H2,1-2H3,(H,20,21)/t17-,18-/m1/s1. The number of amides is 1. The molecule has 0 aliphatic carbocycles. The number of furan rings is 1. The molecule has 2 atom stereocenters. The summed E-state index contributed by atoms with van der Waals surface area (Å²) in [6.45, 7) is 5.26. The van der Waals surface area contributed by atoms with Crippen molar-refractivity contribution in [3.8, 4) is 0 Å². The van der Waals surface area contributed by atoms with Gasteiger partial charge in [-0.2, -0.15) is 0 Å². The zero-order valence-corrected chi connectivity index (χ0v) is 14.1. The number of carbonyl (C=O) groups is 1. The molecule has 2 aromatic rings. The quantitative estimate of drug-likeness (QED) is 0.916. The van der Waals surface area contributed by atoms with Gasteiger partial charge < -0.3 is 19.2 Å². The number of aryl methyl sites for hydroxylation is 2. The van der Waals surface area contributed by atoms with Crippen molar-refractivity contribution in [2.24, 2.45) is 0 Å². The monoisotopic (exact) mass is 329 g/mol. The molecule has 3 rings (SSSR count). The summed E-state index contributed by atoms with van der Waals surface area (Å²) in [5.41, 5.74) is 1.69. The number of hydrogen-bond donors (Lipinski definition) is 1. The molecular formula is C19H23NO4. The van der Waals surface area contributed by atoms with Crippen LogP contribution >= 0.6 is 0 Å². The third kappa shape index (κ3) is 4.04. The summed E-state index contributed by atoms with van der Waals surface area (Å²) in [6.07, 6.45) is 0.581. The molecule has 1 amide bonds. The second-order valence-corrected chi connectivity index (χ2v) is 6.11. The third-order valence-corrected chi connectivity index (χ3v) is 4.21. The van der Waals surface area contributed by atoms with Crippen LogP contribution in [0.15, 0.2) is 40.8 Å². The maximum absolute atomic E-state index is 12.5. The molecule has 1 aromatic heterocycles. The lowest BCUT2D eigenvalue weighted by atomic mass is 10.0. The van der Waals surface area contributed by atoms with Crippen molar-refractivity contribution >= 4 is 5.91 Å². The molecule has 1 saturated heterocycles. The van der Waals surface area contributed by atoms with E-state index in [0.717, 1.165) is 17.7 Å². The molecule has 5 heteroatoms. The summed E-state index contributed by atoms with van der Waals surface area (Å²) in [5.74, 6) is 1.25. The highest BCUT2D eigenvalue weighted by Gasteiger charge is 2.29. The summed E-state index contributed by atoms with van der Waals surface area (Å²) in [4.78, 5) is 12.5. The van der Waals surface area contributed by atoms with Crippen LogP contribution in [0.2, 0.25) is 0 Å². The Morgan fingerprint density at radius 2 is 2.08 bits per heavy atom. The Morgan fingerprint density at radius 1 is 1.29 bits per heavy atom. The topological polar surface area (TPSA) is 60.7 Å². The number of benzene rings is 1. The Balaban J connectivity index is 1.61. The van der Waals surface area contributed by atoms with Gasteiger partial charge in [0.15, 0.2) is 0 Å². The van der Waals surface area contributed by atoms with E-state index in [9.17, 15) is 4.79 Å². The van der Waals surface area contributed by atoms with Crippen LogP contribution in [0.25, 0.3) is 0 Å². The fourth-order valence-electron chi connectivity index (χ4n) is 2.92. The second kappa shape index (κ2) is 7.64. The minimum atomic E-state index is -0.156. The molecule has 0 bridgehead atoms. The molecular weight excluding hydrogens is 306 g/mol. The molecule has 24 heavy (non-hydrogen) atoms. The Kier molecular flexibility index (Phi) is 5.33. The Hall–Kier alpha value is -2.11. The summed E-state index contributed by atoms with van der Waals surface area (Å²) in [7, 11) is 0. The van der Waals surface area contributed by atoms with Crippen molar-refractivity contribution in [3.63, 3.8) is 0 Å². The first-order chi connectivity index (χ1) is 11.6. The number of ether oxygens (including phenoxy) is 2. The molecule has 1 fully saturated rings. The molecule has 1 aromatic carbocycles. The Bertz CT molecular complexity index is 680. The molecule has 1 N–H and O–H groups in total. The van der Waals surface area contributed by atoms with Gasteiger partial charge in [-0.3, -0.25) is 4.79 Å².